The fraction of sp³-hybridized carbons (Fsp3) is 0.667. The fourth-order valence-corrected chi connectivity index (χ4v) is 3.80. The van der Waals surface area contributed by atoms with Crippen LogP contribution in [0.1, 0.15) is 47.4 Å². The number of carbonyl (C=O) groups is 2. The maximum atomic E-state index is 12.7. The SMILES string of the molecule is Cc1cc(C(=O)N2CCN(C(=O)C3CCCC3)CC2)c(C)n1C. The van der Waals surface area contributed by atoms with Crippen LogP contribution in [-0.4, -0.2) is 52.4 Å². The highest BCUT2D eigenvalue weighted by atomic mass is 16.2. The quantitative estimate of drug-likeness (QED) is 0.839. The van der Waals surface area contributed by atoms with Gasteiger partial charge in [-0.15, -0.1) is 0 Å². The molecule has 1 saturated carbocycles. The van der Waals surface area contributed by atoms with Crippen molar-refractivity contribution in [3.63, 3.8) is 0 Å². The second kappa shape index (κ2) is 6.38. The summed E-state index contributed by atoms with van der Waals surface area (Å²) in [6.45, 7) is 6.63. The Labute approximate surface area is 138 Å². The Morgan fingerprint density at radius 2 is 1.57 bits per heavy atom. The molecular weight excluding hydrogens is 290 g/mol. The first kappa shape index (κ1) is 16.1. The largest absolute Gasteiger partial charge is 0.351 e. The summed E-state index contributed by atoms with van der Waals surface area (Å²) in [4.78, 5) is 29.0. The summed E-state index contributed by atoms with van der Waals surface area (Å²) in [5.41, 5.74) is 2.90. The molecule has 5 nitrogen and oxygen atoms in total. The Balaban J connectivity index is 1.61. The van der Waals surface area contributed by atoms with Crippen molar-refractivity contribution >= 4 is 11.8 Å². The average Bonchev–Trinajstić information content (AvgIpc) is 3.19. The predicted octanol–water partition coefficient (Wildman–Crippen LogP) is 2.12. The second-order valence-corrected chi connectivity index (χ2v) is 6.94. The van der Waals surface area contributed by atoms with Crippen LogP contribution in [0.3, 0.4) is 0 Å². The fourth-order valence-electron chi connectivity index (χ4n) is 3.80. The first-order valence-electron chi connectivity index (χ1n) is 8.70. The van der Waals surface area contributed by atoms with Gasteiger partial charge in [-0.1, -0.05) is 12.8 Å². The number of hydrogen-bond acceptors (Lipinski definition) is 2. The van der Waals surface area contributed by atoms with Crippen molar-refractivity contribution < 1.29 is 9.59 Å². The molecule has 0 radical (unpaired) electrons. The van der Waals surface area contributed by atoms with Crippen LogP contribution in [0.15, 0.2) is 6.07 Å². The van der Waals surface area contributed by atoms with Crippen molar-refractivity contribution in [2.24, 2.45) is 13.0 Å². The molecule has 2 fully saturated rings. The maximum absolute atomic E-state index is 12.7. The highest BCUT2D eigenvalue weighted by Gasteiger charge is 2.31. The third-order valence-electron chi connectivity index (χ3n) is 5.59. The smallest absolute Gasteiger partial charge is 0.255 e. The summed E-state index contributed by atoms with van der Waals surface area (Å²) in [5, 5.41) is 0. The highest BCUT2D eigenvalue weighted by molar-refractivity contribution is 5.96. The standard InChI is InChI=1S/C18H27N3O2/c1-13-12-16(14(2)19(13)3)18(23)21-10-8-20(9-11-21)17(22)15-6-4-5-7-15/h12,15H,4-11H2,1-3H3. The first-order chi connectivity index (χ1) is 11.0. The molecule has 23 heavy (non-hydrogen) atoms. The first-order valence-corrected chi connectivity index (χ1v) is 8.70. The maximum Gasteiger partial charge on any atom is 0.255 e. The van der Waals surface area contributed by atoms with E-state index in [4.69, 9.17) is 0 Å². The summed E-state index contributed by atoms with van der Waals surface area (Å²) in [6, 6.07) is 1.97. The van der Waals surface area contributed by atoms with E-state index in [1.165, 1.54) is 12.8 Å². The van der Waals surface area contributed by atoms with E-state index in [2.05, 4.69) is 0 Å². The molecule has 1 aliphatic heterocycles. The molecule has 2 amide bonds. The van der Waals surface area contributed by atoms with Crippen LogP contribution >= 0.6 is 0 Å². The minimum absolute atomic E-state index is 0.0964. The number of nitrogens with zero attached hydrogens (tertiary/aromatic N) is 3. The third kappa shape index (κ3) is 3.01. The Hall–Kier alpha value is -1.78. The lowest BCUT2D eigenvalue weighted by Crippen LogP contribution is -2.51. The van der Waals surface area contributed by atoms with Gasteiger partial charge in [-0.2, -0.15) is 0 Å². The van der Waals surface area contributed by atoms with Crippen molar-refractivity contribution in [2.75, 3.05) is 26.2 Å². The molecule has 1 aromatic heterocycles. The predicted molar refractivity (Wildman–Crippen MR) is 89.3 cm³/mol. The van der Waals surface area contributed by atoms with Crippen LogP contribution in [0.25, 0.3) is 0 Å². The van der Waals surface area contributed by atoms with Gasteiger partial charge >= 0.3 is 0 Å². The van der Waals surface area contributed by atoms with E-state index >= 15 is 0 Å². The Morgan fingerprint density at radius 3 is 2.09 bits per heavy atom. The van der Waals surface area contributed by atoms with Gasteiger partial charge in [0, 0.05) is 50.5 Å². The molecule has 2 heterocycles. The molecular formula is C18H27N3O2. The second-order valence-electron chi connectivity index (χ2n) is 6.94. The lowest BCUT2D eigenvalue weighted by molar-refractivity contribution is -0.136. The van der Waals surface area contributed by atoms with Gasteiger partial charge in [-0.05, 0) is 32.8 Å². The van der Waals surface area contributed by atoms with Gasteiger partial charge in [0.25, 0.3) is 5.91 Å². The molecule has 0 N–H and O–H groups in total. The van der Waals surface area contributed by atoms with Crippen LogP contribution in [0.2, 0.25) is 0 Å². The van der Waals surface area contributed by atoms with Crippen molar-refractivity contribution in [1.82, 2.24) is 14.4 Å². The zero-order valence-electron chi connectivity index (χ0n) is 14.5. The van der Waals surface area contributed by atoms with Crippen LogP contribution in [0.4, 0.5) is 0 Å². The monoisotopic (exact) mass is 317 g/mol. The minimum atomic E-state index is 0.0964. The molecule has 0 aromatic carbocycles. The van der Waals surface area contributed by atoms with Gasteiger partial charge in [-0.3, -0.25) is 9.59 Å². The molecule has 0 spiro atoms. The van der Waals surface area contributed by atoms with Crippen molar-refractivity contribution in [1.29, 1.82) is 0 Å². The van der Waals surface area contributed by atoms with Gasteiger partial charge in [-0.25, -0.2) is 0 Å². The number of amides is 2. The average molecular weight is 317 g/mol. The molecule has 3 rings (SSSR count). The Kier molecular flexibility index (Phi) is 4.46. The van der Waals surface area contributed by atoms with Gasteiger partial charge in [0.2, 0.25) is 5.91 Å². The number of aryl methyl sites for hydroxylation is 1. The van der Waals surface area contributed by atoms with E-state index in [1.54, 1.807) is 0 Å². The van der Waals surface area contributed by atoms with Gasteiger partial charge in [0.05, 0.1) is 5.56 Å². The number of aromatic nitrogens is 1. The number of carbonyl (C=O) groups excluding carboxylic acids is 2. The molecule has 0 bridgehead atoms. The van der Waals surface area contributed by atoms with Crippen molar-refractivity contribution in [3.8, 4) is 0 Å². The molecule has 0 atom stereocenters. The van der Waals surface area contributed by atoms with E-state index in [0.717, 1.165) is 29.8 Å². The number of hydrogen-bond donors (Lipinski definition) is 0. The molecule has 2 aliphatic rings. The van der Waals surface area contributed by atoms with E-state index < -0.39 is 0 Å². The van der Waals surface area contributed by atoms with Crippen LogP contribution in [0, 0.1) is 19.8 Å². The molecule has 126 valence electrons. The van der Waals surface area contributed by atoms with Gasteiger partial charge in [0.1, 0.15) is 0 Å². The van der Waals surface area contributed by atoms with E-state index in [1.807, 2.05) is 41.3 Å². The van der Waals surface area contributed by atoms with Crippen molar-refractivity contribution in [2.45, 2.75) is 39.5 Å². The molecule has 1 saturated heterocycles. The summed E-state index contributed by atoms with van der Waals surface area (Å²) in [7, 11) is 1.99. The highest BCUT2D eigenvalue weighted by Crippen LogP contribution is 2.27. The topological polar surface area (TPSA) is 45.6 Å². The minimum Gasteiger partial charge on any atom is -0.351 e. The van der Waals surface area contributed by atoms with Crippen LogP contribution in [-0.2, 0) is 11.8 Å². The summed E-state index contributed by atoms with van der Waals surface area (Å²) < 4.78 is 2.05. The lowest BCUT2D eigenvalue weighted by atomic mass is 10.1. The van der Waals surface area contributed by atoms with E-state index in [-0.39, 0.29) is 11.8 Å². The zero-order valence-corrected chi connectivity index (χ0v) is 14.5. The Bertz CT molecular complexity index is 606. The van der Waals surface area contributed by atoms with Crippen molar-refractivity contribution in [3.05, 3.63) is 23.0 Å². The lowest BCUT2D eigenvalue weighted by Gasteiger charge is -2.36. The zero-order chi connectivity index (χ0) is 16.6. The normalized spacial score (nSPS) is 19.4. The number of rotatable bonds is 2. The van der Waals surface area contributed by atoms with E-state index in [9.17, 15) is 9.59 Å². The molecule has 1 aromatic rings. The van der Waals surface area contributed by atoms with Crippen LogP contribution in [0.5, 0.6) is 0 Å². The summed E-state index contributed by atoms with van der Waals surface area (Å²) in [6.07, 6.45) is 4.45. The van der Waals surface area contributed by atoms with Crippen LogP contribution < -0.4 is 0 Å². The van der Waals surface area contributed by atoms with E-state index in [0.29, 0.717) is 32.1 Å². The molecule has 0 unspecified atom stereocenters. The summed E-state index contributed by atoms with van der Waals surface area (Å²) >= 11 is 0. The third-order valence-corrected chi connectivity index (χ3v) is 5.59. The summed E-state index contributed by atoms with van der Waals surface area (Å²) in [5.74, 6) is 0.636. The molecule has 1 aliphatic carbocycles. The Morgan fingerprint density at radius 1 is 1.00 bits per heavy atom. The number of piperazine rings is 1. The van der Waals surface area contributed by atoms with Gasteiger partial charge in [0.15, 0.2) is 0 Å². The molecule has 5 heteroatoms. The van der Waals surface area contributed by atoms with Gasteiger partial charge < -0.3 is 14.4 Å².